The highest BCUT2D eigenvalue weighted by molar-refractivity contribution is 9.10. The molecule has 0 amide bonds. The van der Waals surface area contributed by atoms with E-state index >= 15 is 0 Å². The second kappa shape index (κ2) is 5.40. The van der Waals surface area contributed by atoms with E-state index in [9.17, 15) is 9.90 Å². The average molecular weight is 321 g/mol. The quantitative estimate of drug-likeness (QED) is 0.907. The van der Waals surface area contributed by atoms with Crippen LogP contribution in [0.15, 0.2) is 53.3 Å². The molecule has 0 saturated heterocycles. The lowest BCUT2D eigenvalue weighted by molar-refractivity contribution is -0.142. The van der Waals surface area contributed by atoms with Crippen LogP contribution in [0.25, 0.3) is 0 Å². The van der Waals surface area contributed by atoms with Crippen molar-refractivity contribution in [1.82, 2.24) is 4.98 Å². The number of carboxylic acids is 1. The van der Waals surface area contributed by atoms with Gasteiger partial charge in [0.1, 0.15) is 0 Å². The third-order valence-electron chi connectivity index (χ3n) is 2.90. The zero-order valence-electron chi connectivity index (χ0n) is 10.3. The molecule has 4 nitrogen and oxygen atoms in total. The second-order valence-electron chi connectivity index (χ2n) is 4.30. The number of carboxylic acid groups (broad SMARTS) is 1. The van der Waals surface area contributed by atoms with Crippen LogP contribution in [0.5, 0.6) is 0 Å². The summed E-state index contributed by atoms with van der Waals surface area (Å²) in [7, 11) is 0. The lowest BCUT2D eigenvalue weighted by Gasteiger charge is -2.28. The molecule has 0 fully saturated rings. The van der Waals surface area contributed by atoms with E-state index in [4.69, 9.17) is 0 Å². The number of carbonyl (C=O) groups is 1. The Labute approximate surface area is 119 Å². The Balaban J connectivity index is 2.39. The summed E-state index contributed by atoms with van der Waals surface area (Å²) < 4.78 is 0.889. The van der Waals surface area contributed by atoms with Crippen molar-refractivity contribution in [2.75, 3.05) is 5.32 Å². The van der Waals surface area contributed by atoms with Gasteiger partial charge in [0.25, 0.3) is 0 Å². The van der Waals surface area contributed by atoms with Crippen LogP contribution in [0.2, 0.25) is 0 Å². The highest BCUT2D eigenvalue weighted by Gasteiger charge is 2.35. The summed E-state index contributed by atoms with van der Waals surface area (Å²) in [4.78, 5) is 15.5. The third-order valence-corrected chi connectivity index (χ3v) is 3.40. The number of halogens is 1. The van der Waals surface area contributed by atoms with Gasteiger partial charge in [0.15, 0.2) is 5.54 Å². The van der Waals surface area contributed by atoms with E-state index in [2.05, 4.69) is 26.2 Å². The maximum Gasteiger partial charge on any atom is 0.333 e. The molecule has 0 bridgehead atoms. The maximum atomic E-state index is 11.6. The van der Waals surface area contributed by atoms with Crippen molar-refractivity contribution in [3.05, 3.63) is 58.8 Å². The molecule has 0 radical (unpaired) electrons. The number of hydrogen-bond acceptors (Lipinski definition) is 3. The summed E-state index contributed by atoms with van der Waals surface area (Å²) in [5.74, 6) is -0.946. The minimum absolute atomic E-state index is 0.648. The summed E-state index contributed by atoms with van der Waals surface area (Å²) in [5, 5.41) is 12.6. The van der Waals surface area contributed by atoms with Gasteiger partial charge in [0.05, 0.1) is 0 Å². The van der Waals surface area contributed by atoms with Gasteiger partial charge in [-0.3, -0.25) is 4.98 Å². The topological polar surface area (TPSA) is 62.2 Å². The highest BCUT2D eigenvalue weighted by atomic mass is 79.9. The molecule has 2 rings (SSSR count). The highest BCUT2D eigenvalue weighted by Crippen LogP contribution is 2.27. The van der Waals surface area contributed by atoms with Gasteiger partial charge in [-0.15, -0.1) is 0 Å². The fraction of sp³-hybridized carbons (Fsp3) is 0.143. The summed E-state index contributed by atoms with van der Waals surface area (Å²) in [5.41, 5.74) is 0.176. The van der Waals surface area contributed by atoms with Gasteiger partial charge in [0.2, 0.25) is 0 Å². The summed E-state index contributed by atoms with van der Waals surface area (Å²) >= 11 is 3.37. The van der Waals surface area contributed by atoms with Crippen molar-refractivity contribution in [2.45, 2.75) is 12.5 Å². The molecular weight excluding hydrogens is 308 g/mol. The molecule has 19 heavy (non-hydrogen) atoms. The van der Waals surface area contributed by atoms with Crippen molar-refractivity contribution in [3.63, 3.8) is 0 Å². The predicted molar refractivity (Wildman–Crippen MR) is 77.0 cm³/mol. The average Bonchev–Trinajstić information content (AvgIpc) is 2.39. The number of pyridine rings is 1. The fourth-order valence-electron chi connectivity index (χ4n) is 1.79. The first-order valence-electron chi connectivity index (χ1n) is 5.70. The van der Waals surface area contributed by atoms with Gasteiger partial charge in [-0.25, -0.2) is 4.79 Å². The van der Waals surface area contributed by atoms with Crippen LogP contribution in [0.3, 0.4) is 0 Å². The minimum atomic E-state index is -1.20. The van der Waals surface area contributed by atoms with Gasteiger partial charge in [-0.1, -0.05) is 22.0 Å². The van der Waals surface area contributed by atoms with E-state index in [0.717, 1.165) is 10.2 Å². The molecule has 2 aromatic rings. The van der Waals surface area contributed by atoms with Gasteiger partial charge in [0, 0.05) is 22.6 Å². The van der Waals surface area contributed by atoms with E-state index < -0.39 is 11.5 Å². The van der Waals surface area contributed by atoms with Crippen LogP contribution >= 0.6 is 15.9 Å². The van der Waals surface area contributed by atoms with Crippen molar-refractivity contribution in [3.8, 4) is 0 Å². The maximum absolute atomic E-state index is 11.6. The zero-order valence-corrected chi connectivity index (χ0v) is 11.9. The lowest BCUT2D eigenvalue weighted by Crippen LogP contribution is -2.40. The smallest absolute Gasteiger partial charge is 0.333 e. The molecule has 0 aliphatic heterocycles. The molecule has 2 N–H and O–H groups in total. The number of nitrogens with one attached hydrogen (secondary N) is 1. The summed E-state index contributed by atoms with van der Waals surface area (Å²) in [6.45, 7) is 1.63. The molecule has 1 heterocycles. The third kappa shape index (κ3) is 2.93. The molecule has 1 unspecified atom stereocenters. The summed E-state index contributed by atoms with van der Waals surface area (Å²) in [6, 6.07) is 10.8. The van der Waals surface area contributed by atoms with Crippen LogP contribution in [0.1, 0.15) is 12.5 Å². The van der Waals surface area contributed by atoms with Crippen molar-refractivity contribution in [1.29, 1.82) is 0 Å². The first-order valence-corrected chi connectivity index (χ1v) is 6.49. The summed E-state index contributed by atoms with van der Waals surface area (Å²) in [6.07, 6.45) is 3.16. The van der Waals surface area contributed by atoms with Gasteiger partial charge in [-0.2, -0.15) is 0 Å². The number of hydrogen-bond donors (Lipinski definition) is 2. The number of anilines is 1. The number of nitrogens with zero attached hydrogens (tertiary/aromatic N) is 1. The van der Waals surface area contributed by atoms with Gasteiger partial charge < -0.3 is 10.4 Å². The largest absolute Gasteiger partial charge is 0.479 e. The van der Waals surface area contributed by atoms with Crippen molar-refractivity contribution in [2.24, 2.45) is 0 Å². The molecule has 0 spiro atoms. The zero-order chi connectivity index (χ0) is 13.9. The van der Waals surface area contributed by atoms with E-state index in [1.807, 2.05) is 24.3 Å². The van der Waals surface area contributed by atoms with Crippen LogP contribution in [-0.2, 0) is 10.3 Å². The molecule has 0 aliphatic rings. The molecule has 1 atom stereocenters. The number of benzene rings is 1. The molecule has 98 valence electrons. The molecular formula is C14H13BrN2O2. The van der Waals surface area contributed by atoms with Crippen molar-refractivity contribution < 1.29 is 9.90 Å². The number of aliphatic carboxylic acids is 1. The minimum Gasteiger partial charge on any atom is -0.479 e. The van der Waals surface area contributed by atoms with E-state index in [1.54, 1.807) is 31.5 Å². The van der Waals surface area contributed by atoms with Crippen LogP contribution < -0.4 is 5.32 Å². The van der Waals surface area contributed by atoms with E-state index in [-0.39, 0.29) is 0 Å². The number of rotatable bonds is 4. The first-order chi connectivity index (χ1) is 9.02. The van der Waals surface area contributed by atoms with Crippen LogP contribution in [0.4, 0.5) is 5.69 Å². The van der Waals surface area contributed by atoms with E-state index in [0.29, 0.717) is 5.56 Å². The monoisotopic (exact) mass is 320 g/mol. The van der Waals surface area contributed by atoms with Crippen LogP contribution in [0, 0.1) is 0 Å². The Kier molecular flexibility index (Phi) is 3.85. The number of aromatic nitrogens is 1. The Bertz CT molecular complexity index is 589. The SMILES string of the molecule is CC(Nc1cccc(Br)c1)(C(=O)O)c1ccncc1. The standard InChI is InChI=1S/C14H13BrN2O2/c1-14(13(18)19,10-5-7-16-8-6-10)17-12-4-2-3-11(15)9-12/h2-9,17H,1H3,(H,18,19). The Morgan fingerprint density at radius 3 is 2.58 bits per heavy atom. The van der Waals surface area contributed by atoms with Gasteiger partial charge >= 0.3 is 5.97 Å². The van der Waals surface area contributed by atoms with Gasteiger partial charge in [-0.05, 0) is 42.8 Å². The van der Waals surface area contributed by atoms with Crippen molar-refractivity contribution >= 4 is 27.6 Å². The molecule has 0 aliphatic carbocycles. The Morgan fingerprint density at radius 2 is 2.00 bits per heavy atom. The molecule has 1 aromatic carbocycles. The van der Waals surface area contributed by atoms with Crippen LogP contribution in [-0.4, -0.2) is 16.1 Å². The predicted octanol–water partition coefficient (Wildman–Crippen LogP) is 3.26. The second-order valence-corrected chi connectivity index (χ2v) is 5.22. The fourth-order valence-corrected chi connectivity index (χ4v) is 2.19. The Hall–Kier alpha value is -1.88. The molecule has 0 saturated carbocycles. The Morgan fingerprint density at radius 1 is 1.32 bits per heavy atom. The van der Waals surface area contributed by atoms with E-state index in [1.165, 1.54) is 0 Å². The first kappa shape index (κ1) is 13.5. The lowest BCUT2D eigenvalue weighted by atomic mass is 9.92. The molecule has 5 heteroatoms. The normalized spacial score (nSPS) is 13.6. The molecule has 1 aromatic heterocycles.